The second-order valence-electron chi connectivity index (χ2n) is 3.86. The molecule has 1 atom stereocenters. The van der Waals surface area contributed by atoms with Crippen LogP contribution in [0.4, 0.5) is 0 Å². The van der Waals surface area contributed by atoms with Crippen molar-refractivity contribution in [2.24, 2.45) is 5.73 Å². The second-order valence-corrected chi connectivity index (χ2v) is 3.86. The molecule has 0 aliphatic rings. The summed E-state index contributed by atoms with van der Waals surface area (Å²) >= 11 is 0. The van der Waals surface area contributed by atoms with Crippen LogP contribution in [0.15, 0.2) is 30.3 Å². The summed E-state index contributed by atoms with van der Waals surface area (Å²) in [5.74, 6) is -1.41. The molecule has 0 radical (unpaired) electrons. The number of carbonyl (C=O) groups excluding carboxylic acids is 1. The van der Waals surface area contributed by atoms with Gasteiger partial charge in [-0.15, -0.1) is 0 Å². The fourth-order valence-corrected chi connectivity index (χ4v) is 1.47. The highest BCUT2D eigenvalue weighted by Gasteiger charge is 2.19. The molecule has 0 bridgehead atoms. The van der Waals surface area contributed by atoms with Crippen LogP contribution in [0.1, 0.15) is 12.5 Å². The highest BCUT2D eigenvalue weighted by molar-refractivity contribution is 5.84. The van der Waals surface area contributed by atoms with E-state index < -0.39 is 12.0 Å². The quantitative estimate of drug-likeness (QED) is 0.777. The van der Waals surface area contributed by atoms with Gasteiger partial charge in [0.15, 0.2) is 0 Å². The number of nitrogens with two attached hydrogens (primary N) is 1. The van der Waals surface area contributed by atoms with Crippen molar-refractivity contribution in [1.82, 2.24) is 4.90 Å². The normalized spacial score (nSPS) is 11.9. The first-order chi connectivity index (χ1) is 8.00. The van der Waals surface area contributed by atoms with Gasteiger partial charge in [0.25, 0.3) is 0 Å². The standard InChI is InChI=1S/C12H16N2O3/c1-9(13)12(17)14(8-11(15)16)7-10-5-3-2-4-6-10/h2-6,9H,7-8,13H2,1H3,(H,15,16)/t9-/m0/s1. The van der Waals surface area contributed by atoms with Gasteiger partial charge in [0.05, 0.1) is 6.04 Å². The van der Waals surface area contributed by atoms with Gasteiger partial charge in [-0.3, -0.25) is 9.59 Å². The van der Waals surface area contributed by atoms with Crippen LogP contribution in [-0.4, -0.2) is 34.5 Å². The number of rotatable bonds is 5. The molecule has 1 rings (SSSR count). The summed E-state index contributed by atoms with van der Waals surface area (Å²) in [7, 11) is 0. The molecule has 92 valence electrons. The van der Waals surface area contributed by atoms with Gasteiger partial charge in [0, 0.05) is 6.54 Å². The summed E-state index contributed by atoms with van der Waals surface area (Å²) in [6.45, 7) is 1.46. The third kappa shape index (κ3) is 4.24. The Morgan fingerprint density at radius 1 is 1.35 bits per heavy atom. The van der Waals surface area contributed by atoms with Crippen molar-refractivity contribution in [2.75, 3.05) is 6.54 Å². The van der Waals surface area contributed by atoms with E-state index in [4.69, 9.17) is 10.8 Å². The molecule has 1 aromatic carbocycles. The molecule has 5 nitrogen and oxygen atoms in total. The average molecular weight is 236 g/mol. The molecule has 0 fully saturated rings. The van der Waals surface area contributed by atoms with E-state index in [1.165, 1.54) is 4.90 Å². The molecule has 0 aliphatic heterocycles. The lowest BCUT2D eigenvalue weighted by Gasteiger charge is -2.22. The van der Waals surface area contributed by atoms with Crippen molar-refractivity contribution < 1.29 is 14.7 Å². The van der Waals surface area contributed by atoms with Gasteiger partial charge in [-0.2, -0.15) is 0 Å². The number of nitrogens with zero attached hydrogens (tertiary/aromatic N) is 1. The van der Waals surface area contributed by atoms with Crippen LogP contribution >= 0.6 is 0 Å². The number of carboxylic acids is 1. The number of hydrogen-bond acceptors (Lipinski definition) is 3. The van der Waals surface area contributed by atoms with E-state index in [9.17, 15) is 9.59 Å². The Morgan fingerprint density at radius 2 is 1.94 bits per heavy atom. The molecule has 1 aromatic rings. The minimum atomic E-state index is -1.05. The molecule has 0 spiro atoms. The Kier molecular flexibility index (Phi) is 4.66. The predicted molar refractivity (Wildman–Crippen MR) is 63.1 cm³/mol. The molecule has 3 N–H and O–H groups in total. The zero-order valence-electron chi connectivity index (χ0n) is 9.67. The summed E-state index contributed by atoms with van der Waals surface area (Å²) in [6.07, 6.45) is 0. The lowest BCUT2D eigenvalue weighted by molar-refractivity contribution is -0.145. The van der Waals surface area contributed by atoms with Crippen molar-refractivity contribution in [3.8, 4) is 0 Å². The summed E-state index contributed by atoms with van der Waals surface area (Å²) in [6, 6.07) is 8.51. The monoisotopic (exact) mass is 236 g/mol. The molecule has 0 saturated carbocycles. The Hall–Kier alpha value is -1.88. The largest absolute Gasteiger partial charge is 0.480 e. The van der Waals surface area contributed by atoms with Gasteiger partial charge in [0.2, 0.25) is 5.91 Å². The van der Waals surface area contributed by atoms with E-state index >= 15 is 0 Å². The number of carboxylic acid groups (broad SMARTS) is 1. The smallest absolute Gasteiger partial charge is 0.323 e. The molecule has 1 amide bonds. The lowest BCUT2D eigenvalue weighted by atomic mass is 10.2. The van der Waals surface area contributed by atoms with Crippen molar-refractivity contribution in [3.05, 3.63) is 35.9 Å². The van der Waals surface area contributed by atoms with Crippen LogP contribution in [0.2, 0.25) is 0 Å². The third-order valence-corrected chi connectivity index (χ3v) is 2.24. The van der Waals surface area contributed by atoms with Gasteiger partial charge in [0.1, 0.15) is 6.54 Å². The van der Waals surface area contributed by atoms with Crippen LogP contribution in [0, 0.1) is 0 Å². The van der Waals surface area contributed by atoms with E-state index in [0.717, 1.165) is 5.56 Å². The van der Waals surface area contributed by atoms with Crippen LogP contribution in [0.3, 0.4) is 0 Å². The summed E-state index contributed by atoms with van der Waals surface area (Å²) in [4.78, 5) is 23.7. The maximum atomic E-state index is 11.7. The first-order valence-corrected chi connectivity index (χ1v) is 5.31. The van der Waals surface area contributed by atoms with Crippen LogP contribution in [0.25, 0.3) is 0 Å². The SMILES string of the molecule is C[C@H](N)C(=O)N(CC(=O)O)Cc1ccccc1. The fourth-order valence-electron chi connectivity index (χ4n) is 1.47. The molecule has 0 aromatic heterocycles. The first-order valence-electron chi connectivity index (χ1n) is 5.31. The number of amides is 1. The second kappa shape index (κ2) is 6.00. The topological polar surface area (TPSA) is 83.6 Å². The Balaban J connectivity index is 2.77. The van der Waals surface area contributed by atoms with Crippen LogP contribution in [0.5, 0.6) is 0 Å². The summed E-state index contributed by atoms with van der Waals surface area (Å²) < 4.78 is 0. The van der Waals surface area contributed by atoms with Gasteiger partial charge in [-0.1, -0.05) is 30.3 Å². The average Bonchev–Trinajstić information content (AvgIpc) is 2.28. The minimum Gasteiger partial charge on any atom is -0.480 e. The van der Waals surface area contributed by atoms with Crippen LogP contribution in [-0.2, 0) is 16.1 Å². The van der Waals surface area contributed by atoms with Gasteiger partial charge >= 0.3 is 5.97 Å². The molecular formula is C12H16N2O3. The van der Waals surface area contributed by atoms with Crippen molar-refractivity contribution in [2.45, 2.75) is 19.5 Å². The molecule has 0 unspecified atom stereocenters. The lowest BCUT2D eigenvalue weighted by Crippen LogP contribution is -2.44. The zero-order valence-corrected chi connectivity index (χ0v) is 9.67. The molecule has 17 heavy (non-hydrogen) atoms. The maximum Gasteiger partial charge on any atom is 0.323 e. The number of hydrogen-bond donors (Lipinski definition) is 2. The van der Waals surface area contributed by atoms with Crippen molar-refractivity contribution >= 4 is 11.9 Å². The van der Waals surface area contributed by atoms with Gasteiger partial charge < -0.3 is 15.7 Å². The van der Waals surface area contributed by atoms with E-state index in [-0.39, 0.29) is 19.0 Å². The van der Waals surface area contributed by atoms with E-state index in [1.807, 2.05) is 30.3 Å². The summed E-state index contributed by atoms with van der Waals surface area (Å²) in [5.41, 5.74) is 6.36. The van der Waals surface area contributed by atoms with E-state index in [1.54, 1.807) is 6.92 Å². The maximum absolute atomic E-state index is 11.7. The van der Waals surface area contributed by atoms with Gasteiger partial charge in [-0.25, -0.2) is 0 Å². The van der Waals surface area contributed by atoms with E-state index in [2.05, 4.69) is 0 Å². The summed E-state index contributed by atoms with van der Waals surface area (Å²) in [5, 5.41) is 8.76. The predicted octanol–water partition coefficient (Wildman–Crippen LogP) is 0.447. The number of carbonyl (C=O) groups is 2. The number of aliphatic carboxylic acids is 1. The molecular weight excluding hydrogens is 220 g/mol. The minimum absolute atomic E-state index is 0.257. The Labute approximate surface area is 99.8 Å². The zero-order chi connectivity index (χ0) is 12.8. The molecule has 0 aliphatic carbocycles. The van der Waals surface area contributed by atoms with Crippen LogP contribution < -0.4 is 5.73 Å². The third-order valence-electron chi connectivity index (χ3n) is 2.24. The molecule has 0 saturated heterocycles. The Morgan fingerprint density at radius 3 is 2.41 bits per heavy atom. The Bertz CT molecular complexity index is 390. The van der Waals surface area contributed by atoms with Gasteiger partial charge in [-0.05, 0) is 12.5 Å². The van der Waals surface area contributed by atoms with E-state index in [0.29, 0.717) is 0 Å². The first kappa shape index (κ1) is 13.2. The number of benzene rings is 1. The highest BCUT2D eigenvalue weighted by Crippen LogP contribution is 2.05. The molecule has 0 heterocycles. The molecule has 5 heteroatoms. The van der Waals surface area contributed by atoms with Crippen molar-refractivity contribution in [1.29, 1.82) is 0 Å². The van der Waals surface area contributed by atoms with Crippen molar-refractivity contribution in [3.63, 3.8) is 0 Å². The fraction of sp³-hybridized carbons (Fsp3) is 0.333. The highest BCUT2D eigenvalue weighted by atomic mass is 16.4.